The van der Waals surface area contributed by atoms with Crippen molar-refractivity contribution in [3.8, 4) is 11.6 Å². The molecular formula is C12H17N5O. The van der Waals surface area contributed by atoms with Crippen LogP contribution in [0.1, 0.15) is 25.2 Å². The van der Waals surface area contributed by atoms with E-state index in [9.17, 15) is 0 Å². The van der Waals surface area contributed by atoms with Crippen LogP contribution >= 0.6 is 0 Å². The predicted octanol–water partition coefficient (Wildman–Crippen LogP) is 1.38. The smallest absolute Gasteiger partial charge is 0.206 e. The molecule has 0 fully saturated rings. The van der Waals surface area contributed by atoms with Crippen molar-refractivity contribution in [3.05, 3.63) is 23.8 Å². The van der Waals surface area contributed by atoms with Gasteiger partial charge < -0.3 is 10.5 Å². The van der Waals surface area contributed by atoms with Gasteiger partial charge in [0.2, 0.25) is 11.6 Å². The summed E-state index contributed by atoms with van der Waals surface area (Å²) in [4.78, 5) is 8.14. The summed E-state index contributed by atoms with van der Waals surface area (Å²) in [5, 5.41) is 4.51. The van der Waals surface area contributed by atoms with Gasteiger partial charge in [-0.25, -0.2) is 14.6 Å². The SMILES string of the molecule is CCc1cc(CC)n(-c2ncnc(N)c2OC)n1. The lowest BCUT2D eigenvalue weighted by Gasteiger charge is -2.10. The molecule has 0 unspecified atom stereocenters. The number of nitrogen functional groups attached to an aromatic ring is 1. The molecule has 6 heteroatoms. The van der Waals surface area contributed by atoms with Crippen LogP contribution in [0.3, 0.4) is 0 Å². The number of ether oxygens (including phenoxy) is 1. The molecule has 0 saturated carbocycles. The summed E-state index contributed by atoms with van der Waals surface area (Å²) in [6.45, 7) is 4.14. The third-order valence-corrected chi connectivity index (χ3v) is 2.78. The van der Waals surface area contributed by atoms with Crippen molar-refractivity contribution >= 4 is 5.82 Å². The second-order valence-corrected chi connectivity index (χ2v) is 3.86. The van der Waals surface area contributed by atoms with E-state index in [4.69, 9.17) is 10.5 Å². The number of hydrogen-bond donors (Lipinski definition) is 1. The first kappa shape index (κ1) is 12.3. The summed E-state index contributed by atoms with van der Waals surface area (Å²) in [7, 11) is 1.55. The average Bonchev–Trinajstić information content (AvgIpc) is 2.81. The molecule has 0 bridgehead atoms. The van der Waals surface area contributed by atoms with Gasteiger partial charge in [-0.3, -0.25) is 0 Å². The molecule has 2 aromatic rings. The second kappa shape index (κ2) is 5.03. The van der Waals surface area contributed by atoms with Crippen molar-refractivity contribution in [1.82, 2.24) is 19.7 Å². The van der Waals surface area contributed by atoms with Crippen molar-refractivity contribution in [1.29, 1.82) is 0 Å². The van der Waals surface area contributed by atoms with Crippen LogP contribution in [0.25, 0.3) is 5.82 Å². The van der Waals surface area contributed by atoms with Gasteiger partial charge in [0.15, 0.2) is 5.82 Å². The fraction of sp³-hybridized carbons (Fsp3) is 0.417. The van der Waals surface area contributed by atoms with Crippen LogP contribution in [0.15, 0.2) is 12.4 Å². The number of methoxy groups -OCH3 is 1. The molecule has 2 N–H and O–H groups in total. The first-order valence-corrected chi connectivity index (χ1v) is 5.93. The Kier molecular flexibility index (Phi) is 3.45. The number of nitrogens with zero attached hydrogens (tertiary/aromatic N) is 4. The van der Waals surface area contributed by atoms with Gasteiger partial charge in [-0.05, 0) is 18.9 Å². The Morgan fingerprint density at radius 1 is 1.28 bits per heavy atom. The van der Waals surface area contributed by atoms with Crippen LogP contribution < -0.4 is 10.5 Å². The topological polar surface area (TPSA) is 78.9 Å². The molecule has 0 radical (unpaired) electrons. The molecule has 0 aliphatic carbocycles. The van der Waals surface area contributed by atoms with E-state index in [1.807, 2.05) is 0 Å². The minimum atomic E-state index is 0.318. The van der Waals surface area contributed by atoms with E-state index in [1.165, 1.54) is 6.33 Å². The Bertz CT molecular complexity index is 549. The van der Waals surface area contributed by atoms with Gasteiger partial charge >= 0.3 is 0 Å². The number of aromatic nitrogens is 4. The first-order valence-electron chi connectivity index (χ1n) is 5.93. The highest BCUT2D eigenvalue weighted by atomic mass is 16.5. The van der Waals surface area contributed by atoms with E-state index in [-0.39, 0.29) is 0 Å². The van der Waals surface area contributed by atoms with E-state index in [2.05, 4.69) is 35.0 Å². The maximum Gasteiger partial charge on any atom is 0.206 e. The van der Waals surface area contributed by atoms with Gasteiger partial charge in [-0.2, -0.15) is 5.10 Å². The lowest BCUT2D eigenvalue weighted by atomic mass is 10.2. The summed E-state index contributed by atoms with van der Waals surface area (Å²) in [6.07, 6.45) is 3.16. The third kappa shape index (κ3) is 2.01. The summed E-state index contributed by atoms with van der Waals surface area (Å²) >= 11 is 0. The number of nitrogens with two attached hydrogens (primary N) is 1. The van der Waals surface area contributed by atoms with E-state index in [0.717, 1.165) is 24.2 Å². The van der Waals surface area contributed by atoms with E-state index in [1.54, 1.807) is 11.8 Å². The van der Waals surface area contributed by atoms with Gasteiger partial charge in [-0.15, -0.1) is 0 Å². The summed E-state index contributed by atoms with van der Waals surface area (Å²) in [6, 6.07) is 2.07. The van der Waals surface area contributed by atoms with E-state index < -0.39 is 0 Å². The van der Waals surface area contributed by atoms with Gasteiger partial charge in [-0.1, -0.05) is 13.8 Å². The van der Waals surface area contributed by atoms with E-state index in [0.29, 0.717) is 17.4 Å². The Balaban J connectivity index is 2.60. The van der Waals surface area contributed by atoms with Crippen molar-refractivity contribution in [2.24, 2.45) is 0 Å². The van der Waals surface area contributed by atoms with Gasteiger partial charge in [0.05, 0.1) is 12.8 Å². The van der Waals surface area contributed by atoms with Crippen molar-refractivity contribution < 1.29 is 4.74 Å². The van der Waals surface area contributed by atoms with Gasteiger partial charge in [0, 0.05) is 5.69 Å². The lowest BCUT2D eigenvalue weighted by Crippen LogP contribution is -2.09. The molecule has 0 aliphatic heterocycles. The highest BCUT2D eigenvalue weighted by Crippen LogP contribution is 2.26. The van der Waals surface area contributed by atoms with Crippen LogP contribution in [0, 0.1) is 0 Å². The Hall–Kier alpha value is -2.11. The molecule has 6 nitrogen and oxygen atoms in total. The lowest BCUT2D eigenvalue weighted by molar-refractivity contribution is 0.409. The summed E-state index contributed by atoms with van der Waals surface area (Å²) in [5.41, 5.74) is 7.87. The molecule has 2 heterocycles. The largest absolute Gasteiger partial charge is 0.490 e. The maximum atomic E-state index is 5.78. The fourth-order valence-electron chi connectivity index (χ4n) is 1.81. The van der Waals surface area contributed by atoms with Crippen LogP contribution in [0.2, 0.25) is 0 Å². The number of hydrogen-bond acceptors (Lipinski definition) is 5. The van der Waals surface area contributed by atoms with E-state index >= 15 is 0 Å². The Morgan fingerprint density at radius 2 is 2.06 bits per heavy atom. The zero-order valence-corrected chi connectivity index (χ0v) is 10.8. The zero-order valence-electron chi connectivity index (χ0n) is 10.8. The maximum absolute atomic E-state index is 5.78. The molecule has 0 aromatic carbocycles. The molecule has 0 spiro atoms. The highest BCUT2D eigenvalue weighted by molar-refractivity contribution is 5.55. The summed E-state index contributed by atoms with van der Waals surface area (Å²) in [5.74, 6) is 1.36. The second-order valence-electron chi connectivity index (χ2n) is 3.86. The zero-order chi connectivity index (χ0) is 13.1. The third-order valence-electron chi connectivity index (χ3n) is 2.78. The monoisotopic (exact) mass is 247 g/mol. The van der Waals surface area contributed by atoms with Crippen LogP contribution in [0.5, 0.6) is 5.75 Å². The Labute approximate surface area is 106 Å². The highest BCUT2D eigenvalue weighted by Gasteiger charge is 2.15. The molecule has 2 aromatic heterocycles. The quantitative estimate of drug-likeness (QED) is 0.883. The number of rotatable bonds is 4. The predicted molar refractivity (Wildman–Crippen MR) is 68.9 cm³/mol. The van der Waals surface area contributed by atoms with Crippen LogP contribution in [0.4, 0.5) is 5.82 Å². The van der Waals surface area contributed by atoms with Crippen molar-refractivity contribution in [2.75, 3.05) is 12.8 Å². The summed E-state index contributed by atoms with van der Waals surface area (Å²) < 4.78 is 7.04. The normalized spacial score (nSPS) is 10.6. The molecular weight excluding hydrogens is 230 g/mol. The standard InChI is InChI=1S/C12H17N5O/c1-4-8-6-9(5-2)17(16-8)12-10(18-3)11(13)14-7-15-12/h6-7H,4-5H2,1-3H3,(H2,13,14,15). The van der Waals surface area contributed by atoms with Crippen molar-refractivity contribution in [2.45, 2.75) is 26.7 Å². The average molecular weight is 247 g/mol. The molecule has 0 amide bonds. The minimum Gasteiger partial charge on any atom is -0.490 e. The molecule has 96 valence electrons. The molecule has 0 saturated heterocycles. The van der Waals surface area contributed by atoms with Crippen LogP contribution in [-0.2, 0) is 12.8 Å². The first-order chi connectivity index (χ1) is 8.71. The fourth-order valence-corrected chi connectivity index (χ4v) is 1.81. The Morgan fingerprint density at radius 3 is 2.67 bits per heavy atom. The number of anilines is 1. The molecule has 2 rings (SSSR count). The van der Waals surface area contributed by atoms with Gasteiger partial charge in [0.1, 0.15) is 6.33 Å². The minimum absolute atomic E-state index is 0.318. The number of aryl methyl sites for hydroxylation is 2. The van der Waals surface area contributed by atoms with Crippen molar-refractivity contribution in [3.63, 3.8) is 0 Å². The van der Waals surface area contributed by atoms with Gasteiger partial charge in [0.25, 0.3) is 0 Å². The molecule has 18 heavy (non-hydrogen) atoms. The van der Waals surface area contributed by atoms with Crippen LogP contribution in [-0.4, -0.2) is 26.9 Å². The molecule has 0 atom stereocenters. The molecule has 0 aliphatic rings.